The molecular formula is C13H24N2O2. The molecule has 4 nitrogen and oxygen atoms in total. The van der Waals surface area contributed by atoms with Crippen LogP contribution < -0.4 is 11.5 Å². The highest BCUT2D eigenvalue weighted by atomic mass is 16.5. The Balaban J connectivity index is 1.83. The molecule has 2 saturated carbocycles. The van der Waals surface area contributed by atoms with E-state index >= 15 is 0 Å². The van der Waals surface area contributed by atoms with E-state index < -0.39 is 5.54 Å². The second-order valence-electron chi connectivity index (χ2n) is 5.92. The molecule has 98 valence electrons. The fourth-order valence-corrected chi connectivity index (χ4v) is 3.14. The van der Waals surface area contributed by atoms with Gasteiger partial charge in [-0.2, -0.15) is 0 Å². The molecule has 0 bridgehead atoms. The van der Waals surface area contributed by atoms with E-state index in [2.05, 4.69) is 6.92 Å². The molecule has 4 N–H and O–H groups in total. The quantitative estimate of drug-likeness (QED) is 0.781. The van der Waals surface area contributed by atoms with Gasteiger partial charge in [0.2, 0.25) is 5.91 Å². The molecule has 2 aliphatic rings. The Morgan fingerprint density at radius 2 is 2.06 bits per heavy atom. The van der Waals surface area contributed by atoms with Gasteiger partial charge in [0, 0.05) is 6.42 Å². The molecule has 0 saturated heterocycles. The first-order valence-corrected chi connectivity index (χ1v) is 6.74. The maximum absolute atomic E-state index is 11.3. The lowest BCUT2D eigenvalue weighted by Crippen LogP contribution is -2.50. The van der Waals surface area contributed by atoms with Crippen LogP contribution in [0.15, 0.2) is 0 Å². The second-order valence-corrected chi connectivity index (χ2v) is 5.92. The van der Waals surface area contributed by atoms with Gasteiger partial charge < -0.3 is 16.2 Å². The van der Waals surface area contributed by atoms with Gasteiger partial charge in [-0.1, -0.05) is 19.8 Å². The Kier molecular flexibility index (Phi) is 3.73. The summed E-state index contributed by atoms with van der Waals surface area (Å²) in [5.74, 6) is 0.370. The molecule has 0 aromatic rings. The Hall–Kier alpha value is -0.610. The number of primary amides is 1. The molecule has 0 radical (unpaired) electrons. The van der Waals surface area contributed by atoms with Gasteiger partial charge >= 0.3 is 0 Å². The number of carbonyl (C=O) groups is 1. The largest absolute Gasteiger partial charge is 0.375 e. The molecular weight excluding hydrogens is 216 g/mol. The summed E-state index contributed by atoms with van der Waals surface area (Å²) in [6, 6.07) is 0. The van der Waals surface area contributed by atoms with Crippen LogP contribution in [-0.2, 0) is 9.53 Å². The standard InChI is InChI=1S/C13H24N2O2/c1-9-3-2-4-10(7-9)17-11-5-6-13(15,8-11)12(14)16/h9-11H,2-8,15H2,1H3,(H2,14,16). The monoisotopic (exact) mass is 240 g/mol. The van der Waals surface area contributed by atoms with E-state index in [4.69, 9.17) is 16.2 Å². The molecule has 0 aromatic carbocycles. The van der Waals surface area contributed by atoms with Gasteiger partial charge in [-0.25, -0.2) is 0 Å². The summed E-state index contributed by atoms with van der Waals surface area (Å²) in [6.07, 6.45) is 7.46. The minimum Gasteiger partial charge on any atom is -0.375 e. The average Bonchev–Trinajstić information content (AvgIpc) is 2.61. The van der Waals surface area contributed by atoms with E-state index in [1.54, 1.807) is 0 Å². The van der Waals surface area contributed by atoms with Gasteiger partial charge in [-0.15, -0.1) is 0 Å². The van der Waals surface area contributed by atoms with E-state index in [1.807, 2.05) is 0 Å². The molecule has 0 heterocycles. The van der Waals surface area contributed by atoms with E-state index in [1.165, 1.54) is 12.8 Å². The van der Waals surface area contributed by atoms with Crippen molar-refractivity contribution < 1.29 is 9.53 Å². The predicted octanol–water partition coefficient (Wildman–Crippen LogP) is 1.32. The fourth-order valence-electron chi connectivity index (χ4n) is 3.14. The van der Waals surface area contributed by atoms with E-state index in [9.17, 15) is 4.79 Å². The molecule has 0 aliphatic heterocycles. The Bertz CT molecular complexity index is 295. The second kappa shape index (κ2) is 4.94. The molecule has 4 heteroatoms. The summed E-state index contributed by atoms with van der Waals surface area (Å²) >= 11 is 0. The van der Waals surface area contributed by atoms with Crippen molar-refractivity contribution in [3.63, 3.8) is 0 Å². The SMILES string of the molecule is CC1CCCC(OC2CCC(N)(C(N)=O)C2)C1. The van der Waals surface area contributed by atoms with Gasteiger partial charge in [0.1, 0.15) is 0 Å². The molecule has 2 aliphatic carbocycles. The van der Waals surface area contributed by atoms with Gasteiger partial charge in [-0.3, -0.25) is 4.79 Å². The van der Waals surface area contributed by atoms with Crippen molar-refractivity contribution in [1.29, 1.82) is 0 Å². The lowest BCUT2D eigenvalue weighted by atomic mass is 9.88. The van der Waals surface area contributed by atoms with Crippen molar-refractivity contribution in [2.75, 3.05) is 0 Å². The summed E-state index contributed by atoms with van der Waals surface area (Å²) in [5, 5.41) is 0. The minimum absolute atomic E-state index is 0.128. The first kappa shape index (κ1) is 12.8. The van der Waals surface area contributed by atoms with Crippen molar-refractivity contribution >= 4 is 5.91 Å². The van der Waals surface area contributed by atoms with Crippen LogP contribution in [0.25, 0.3) is 0 Å². The van der Waals surface area contributed by atoms with Gasteiger partial charge in [0.25, 0.3) is 0 Å². The van der Waals surface area contributed by atoms with Gasteiger partial charge in [0.15, 0.2) is 0 Å². The van der Waals surface area contributed by atoms with Crippen LogP contribution >= 0.6 is 0 Å². The third-order valence-corrected chi connectivity index (χ3v) is 4.27. The molecule has 2 fully saturated rings. The van der Waals surface area contributed by atoms with Crippen LogP contribution in [-0.4, -0.2) is 23.7 Å². The van der Waals surface area contributed by atoms with Crippen molar-refractivity contribution in [3.05, 3.63) is 0 Å². The van der Waals surface area contributed by atoms with Gasteiger partial charge in [0.05, 0.1) is 17.7 Å². The molecule has 4 atom stereocenters. The summed E-state index contributed by atoms with van der Waals surface area (Å²) in [7, 11) is 0. The third kappa shape index (κ3) is 2.99. The zero-order valence-corrected chi connectivity index (χ0v) is 10.7. The van der Waals surface area contributed by atoms with Crippen molar-refractivity contribution in [2.45, 2.75) is 69.6 Å². The number of rotatable bonds is 3. The number of carbonyl (C=O) groups excluding carboxylic acids is 1. The summed E-state index contributed by atoms with van der Waals surface area (Å²) in [6.45, 7) is 2.28. The lowest BCUT2D eigenvalue weighted by Gasteiger charge is -2.29. The minimum atomic E-state index is -0.828. The maximum Gasteiger partial charge on any atom is 0.237 e. The summed E-state index contributed by atoms with van der Waals surface area (Å²) in [4.78, 5) is 11.3. The van der Waals surface area contributed by atoms with Crippen LogP contribution in [0.3, 0.4) is 0 Å². The summed E-state index contributed by atoms with van der Waals surface area (Å²) in [5.41, 5.74) is 10.5. The Morgan fingerprint density at radius 3 is 2.65 bits per heavy atom. The number of hydrogen-bond acceptors (Lipinski definition) is 3. The van der Waals surface area contributed by atoms with Crippen LogP contribution in [0.5, 0.6) is 0 Å². The maximum atomic E-state index is 11.3. The number of ether oxygens (including phenoxy) is 1. The Labute approximate surface area is 103 Å². The van der Waals surface area contributed by atoms with Crippen molar-refractivity contribution in [1.82, 2.24) is 0 Å². The zero-order valence-electron chi connectivity index (χ0n) is 10.7. The number of nitrogens with two attached hydrogens (primary N) is 2. The average molecular weight is 240 g/mol. The lowest BCUT2D eigenvalue weighted by molar-refractivity contribution is -0.123. The van der Waals surface area contributed by atoms with Gasteiger partial charge in [-0.05, 0) is 31.6 Å². The predicted molar refractivity (Wildman–Crippen MR) is 66.3 cm³/mol. The van der Waals surface area contributed by atoms with Crippen LogP contribution in [0.4, 0.5) is 0 Å². The molecule has 17 heavy (non-hydrogen) atoms. The normalized spacial score (nSPS) is 42.6. The smallest absolute Gasteiger partial charge is 0.237 e. The van der Waals surface area contributed by atoms with Crippen LogP contribution in [0, 0.1) is 5.92 Å². The highest BCUT2D eigenvalue weighted by Crippen LogP contribution is 2.33. The van der Waals surface area contributed by atoms with E-state index in [0.29, 0.717) is 18.9 Å². The van der Waals surface area contributed by atoms with Crippen molar-refractivity contribution in [3.8, 4) is 0 Å². The van der Waals surface area contributed by atoms with E-state index in [0.717, 1.165) is 25.2 Å². The molecule has 0 spiro atoms. The first-order valence-electron chi connectivity index (χ1n) is 6.74. The molecule has 4 unspecified atom stereocenters. The number of hydrogen-bond donors (Lipinski definition) is 2. The van der Waals surface area contributed by atoms with Crippen molar-refractivity contribution in [2.24, 2.45) is 17.4 Å². The van der Waals surface area contributed by atoms with Crippen LogP contribution in [0.1, 0.15) is 51.9 Å². The highest BCUT2D eigenvalue weighted by molar-refractivity contribution is 5.84. The topological polar surface area (TPSA) is 78.3 Å². The molecule has 0 aromatic heterocycles. The van der Waals surface area contributed by atoms with Crippen LogP contribution in [0.2, 0.25) is 0 Å². The fraction of sp³-hybridized carbons (Fsp3) is 0.923. The molecule has 2 rings (SSSR count). The third-order valence-electron chi connectivity index (χ3n) is 4.27. The molecule has 1 amide bonds. The first-order chi connectivity index (χ1) is 7.99. The number of amides is 1. The summed E-state index contributed by atoms with van der Waals surface area (Å²) < 4.78 is 6.08. The van der Waals surface area contributed by atoms with E-state index in [-0.39, 0.29) is 12.0 Å². The Morgan fingerprint density at radius 1 is 1.29 bits per heavy atom. The zero-order chi connectivity index (χ0) is 12.5. The highest BCUT2D eigenvalue weighted by Gasteiger charge is 2.42.